The molecule has 0 bridgehead atoms. The number of carbonyl (C=O) groups is 1. The highest BCUT2D eigenvalue weighted by molar-refractivity contribution is 6.31. The number of amides is 1. The second-order valence-corrected chi connectivity index (χ2v) is 5.53. The van der Waals surface area contributed by atoms with E-state index in [1.165, 1.54) is 18.2 Å². The fourth-order valence-corrected chi connectivity index (χ4v) is 2.57. The summed E-state index contributed by atoms with van der Waals surface area (Å²) >= 11 is 5.74. The highest BCUT2D eigenvalue weighted by Crippen LogP contribution is 2.28. The van der Waals surface area contributed by atoms with E-state index in [0.717, 1.165) is 5.39 Å². The van der Waals surface area contributed by atoms with Gasteiger partial charge in [-0.15, -0.1) is 0 Å². The first-order valence-corrected chi connectivity index (χ1v) is 7.82. The average Bonchev–Trinajstić information content (AvgIpc) is 2.95. The Balaban J connectivity index is 1.94. The monoisotopic (exact) mass is 347 g/mol. The van der Waals surface area contributed by atoms with E-state index in [1.807, 2.05) is 25.1 Å². The third-order valence-corrected chi connectivity index (χ3v) is 3.82. The van der Waals surface area contributed by atoms with Crippen molar-refractivity contribution in [1.29, 1.82) is 0 Å². The number of benzene rings is 2. The lowest BCUT2D eigenvalue weighted by Crippen LogP contribution is -2.13. The third kappa shape index (κ3) is 3.27. The maximum Gasteiger partial charge on any atom is 0.291 e. The smallest absolute Gasteiger partial charge is 0.291 e. The third-order valence-electron chi connectivity index (χ3n) is 3.53. The summed E-state index contributed by atoms with van der Waals surface area (Å²) in [5.41, 5.74) is 1.67. The van der Waals surface area contributed by atoms with Crippen molar-refractivity contribution in [3.05, 3.63) is 64.6 Å². The summed E-state index contributed by atoms with van der Waals surface area (Å²) in [6.45, 7) is 2.66. The summed E-state index contributed by atoms with van der Waals surface area (Å²) in [6.07, 6.45) is 0. The Bertz CT molecular complexity index is 891. The fourth-order valence-electron chi connectivity index (χ4n) is 2.39. The van der Waals surface area contributed by atoms with Gasteiger partial charge in [-0.3, -0.25) is 4.79 Å². The van der Waals surface area contributed by atoms with Gasteiger partial charge >= 0.3 is 0 Å². The molecule has 2 aromatic carbocycles. The number of nitrogens with one attached hydrogen (secondary N) is 1. The maximum atomic E-state index is 13.2. The van der Waals surface area contributed by atoms with Gasteiger partial charge in [-0.1, -0.05) is 29.8 Å². The van der Waals surface area contributed by atoms with Crippen LogP contribution in [0.2, 0.25) is 5.02 Å². The van der Waals surface area contributed by atoms with Crippen LogP contribution in [-0.4, -0.2) is 12.5 Å². The summed E-state index contributed by atoms with van der Waals surface area (Å²) in [6, 6.07) is 11.3. The summed E-state index contributed by atoms with van der Waals surface area (Å²) in [4.78, 5) is 12.6. The summed E-state index contributed by atoms with van der Waals surface area (Å²) in [5, 5.41) is 3.43. The van der Waals surface area contributed by atoms with Gasteiger partial charge in [-0.05, 0) is 31.2 Å². The summed E-state index contributed by atoms with van der Waals surface area (Å²) in [7, 11) is 0. The van der Waals surface area contributed by atoms with Gasteiger partial charge in [0.25, 0.3) is 5.91 Å². The predicted octanol–water partition coefficient (Wildman–Crippen LogP) is 5.01. The van der Waals surface area contributed by atoms with Crippen LogP contribution in [0.25, 0.3) is 11.0 Å². The second-order valence-electron chi connectivity index (χ2n) is 5.13. The van der Waals surface area contributed by atoms with Gasteiger partial charge < -0.3 is 14.5 Å². The molecule has 0 aliphatic rings. The number of para-hydroxylation sites is 1. The number of halogens is 2. The van der Waals surface area contributed by atoms with Gasteiger partial charge in [0.05, 0.1) is 11.6 Å². The molecule has 1 amide bonds. The fraction of sp³-hybridized carbons (Fsp3) is 0.167. The zero-order valence-corrected chi connectivity index (χ0v) is 13.7. The lowest BCUT2D eigenvalue weighted by atomic mass is 10.1. The van der Waals surface area contributed by atoms with Crippen molar-refractivity contribution in [2.45, 2.75) is 13.5 Å². The van der Waals surface area contributed by atoms with E-state index in [9.17, 15) is 9.18 Å². The molecule has 24 heavy (non-hydrogen) atoms. The number of rotatable bonds is 5. The Morgan fingerprint density at radius 1 is 1.29 bits per heavy atom. The van der Waals surface area contributed by atoms with Crippen LogP contribution < -0.4 is 5.32 Å². The molecule has 0 atom stereocenters. The molecular formula is C18H15ClFNO3. The van der Waals surface area contributed by atoms with Gasteiger partial charge in [0.2, 0.25) is 0 Å². The Kier molecular flexibility index (Phi) is 4.83. The summed E-state index contributed by atoms with van der Waals surface area (Å²) < 4.78 is 24.4. The van der Waals surface area contributed by atoms with Crippen LogP contribution in [0.5, 0.6) is 0 Å². The molecular weight excluding hydrogens is 333 g/mol. The van der Waals surface area contributed by atoms with Gasteiger partial charge in [0.15, 0.2) is 5.76 Å². The van der Waals surface area contributed by atoms with Gasteiger partial charge in [-0.25, -0.2) is 4.39 Å². The van der Waals surface area contributed by atoms with Crippen LogP contribution in [0.4, 0.5) is 10.1 Å². The van der Waals surface area contributed by atoms with Crippen LogP contribution >= 0.6 is 11.6 Å². The van der Waals surface area contributed by atoms with E-state index in [2.05, 4.69) is 5.32 Å². The Hall–Kier alpha value is -2.37. The number of hydrogen-bond acceptors (Lipinski definition) is 3. The van der Waals surface area contributed by atoms with Crippen molar-refractivity contribution < 1.29 is 18.3 Å². The molecule has 0 unspecified atom stereocenters. The predicted molar refractivity (Wildman–Crippen MR) is 90.9 cm³/mol. The van der Waals surface area contributed by atoms with E-state index in [0.29, 0.717) is 23.4 Å². The van der Waals surface area contributed by atoms with Crippen LogP contribution in [0.1, 0.15) is 23.0 Å². The van der Waals surface area contributed by atoms with Crippen molar-refractivity contribution in [3.8, 4) is 0 Å². The van der Waals surface area contributed by atoms with E-state index in [1.54, 1.807) is 6.07 Å². The van der Waals surface area contributed by atoms with Gasteiger partial charge in [0, 0.05) is 23.2 Å². The summed E-state index contributed by atoms with van der Waals surface area (Å²) in [5.74, 6) is -0.816. The molecule has 0 fully saturated rings. The number of carbonyl (C=O) groups excluding carboxylic acids is 1. The minimum absolute atomic E-state index is 0.0630. The SMILES string of the molecule is CCOCc1c(C(=O)Nc2ccc(F)c(Cl)c2)oc2ccccc12. The molecule has 0 aliphatic carbocycles. The number of furan rings is 1. The van der Waals surface area contributed by atoms with Crippen molar-refractivity contribution in [1.82, 2.24) is 0 Å². The van der Waals surface area contributed by atoms with Crippen molar-refractivity contribution >= 4 is 34.2 Å². The molecule has 1 heterocycles. The topological polar surface area (TPSA) is 51.5 Å². The number of anilines is 1. The quantitative estimate of drug-likeness (QED) is 0.705. The zero-order chi connectivity index (χ0) is 17.1. The first kappa shape index (κ1) is 16.5. The molecule has 3 rings (SSSR count). The van der Waals surface area contributed by atoms with E-state index >= 15 is 0 Å². The van der Waals surface area contributed by atoms with E-state index in [4.69, 9.17) is 20.8 Å². The first-order valence-electron chi connectivity index (χ1n) is 7.44. The number of hydrogen-bond donors (Lipinski definition) is 1. The normalized spacial score (nSPS) is 11.0. The average molecular weight is 348 g/mol. The molecule has 124 valence electrons. The minimum Gasteiger partial charge on any atom is -0.451 e. The Labute approximate surface area is 143 Å². The van der Waals surface area contributed by atoms with Crippen LogP contribution in [0.3, 0.4) is 0 Å². The van der Waals surface area contributed by atoms with E-state index < -0.39 is 11.7 Å². The molecule has 6 heteroatoms. The van der Waals surface area contributed by atoms with Crippen LogP contribution in [0.15, 0.2) is 46.9 Å². The second kappa shape index (κ2) is 7.03. The van der Waals surface area contributed by atoms with Crippen LogP contribution in [-0.2, 0) is 11.3 Å². The molecule has 0 radical (unpaired) electrons. The molecule has 0 aliphatic heterocycles. The highest BCUT2D eigenvalue weighted by atomic mass is 35.5. The van der Waals surface area contributed by atoms with Crippen molar-refractivity contribution in [2.24, 2.45) is 0 Å². The lowest BCUT2D eigenvalue weighted by molar-refractivity contribution is 0.0984. The molecule has 0 saturated heterocycles. The highest BCUT2D eigenvalue weighted by Gasteiger charge is 2.20. The van der Waals surface area contributed by atoms with E-state index in [-0.39, 0.29) is 17.4 Å². The largest absolute Gasteiger partial charge is 0.451 e. The number of ether oxygens (including phenoxy) is 1. The zero-order valence-electron chi connectivity index (χ0n) is 12.9. The Morgan fingerprint density at radius 3 is 2.83 bits per heavy atom. The molecule has 3 aromatic rings. The number of fused-ring (bicyclic) bond motifs is 1. The van der Waals surface area contributed by atoms with Crippen LogP contribution in [0, 0.1) is 5.82 Å². The molecule has 4 nitrogen and oxygen atoms in total. The minimum atomic E-state index is -0.546. The van der Waals surface area contributed by atoms with Gasteiger partial charge in [-0.2, -0.15) is 0 Å². The molecule has 1 aromatic heterocycles. The molecule has 1 N–H and O–H groups in total. The molecule has 0 spiro atoms. The Morgan fingerprint density at radius 2 is 2.08 bits per heavy atom. The lowest BCUT2D eigenvalue weighted by Gasteiger charge is -2.06. The molecule has 0 saturated carbocycles. The first-order chi connectivity index (χ1) is 11.6. The standard InChI is InChI=1S/C18H15ClFNO3/c1-2-23-10-13-12-5-3-4-6-16(12)24-17(13)18(22)21-11-7-8-15(20)14(19)9-11/h3-9H,2,10H2,1H3,(H,21,22). The van der Waals surface area contributed by atoms with Crippen molar-refractivity contribution in [3.63, 3.8) is 0 Å². The maximum absolute atomic E-state index is 13.2. The van der Waals surface area contributed by atoms with Gasteiger partial charge in [0.1, 0.15) is 11.4 Å². The van der Waals surface area contributed by atoms with Crippen molar-refractivity contribution in [2.75, 3.05) is 11.9 Å².